The predicted molar refractivity (Wildman–Crippen MR) is 88.9 cm³/mol. The van der Waals surface area contributed by atoms with Crippen LogP contribution in [0, 0.1) is 11.8 Å². The molecule has 21 heavy (non-hydrogen) atoms. The summed E-state index contributed by atoms with van der Waals surface area (Å²) in [7, 11) is 0. The molecule has 1 aromatic rings. The molecule has 0 radical (unpaired) electrons. The summed E-state index contributed by atoms with van der Waals surface area (Å²) >= 11 is 1.83. The maximum atomic E-state index is 11.8. The highest BCUT2D eigenvalue weighted by Crippen LogP contribution is 2.20. The van der Waals surface area contributed by atoms with Crippen LogP contribution in [0.2, 0.25) is 0 Å². The lowest BCUT2D eigenvalue weighted by Gasteiger charge is -2.33. The molecule has 118 valence electrons. The summed E-state index contributed by atoms with van der Waals surface area (Å²) in [6.07, 6.45) is 2.49. The van der Waals surface area contributed by atoms with Crippen LogP contribution in [-0.2, 0) is 11.3 Å². The monoisotopic (exact) mass is 329 g/mol. The molecule has 2 saturated heterocycles. The van der Waals surface area contributed by atoms with Gasteiger partial charge >= 0.3 is 0 Å². The quantitative estimate of drug-likeness (QED) is 0.864. The Labute approximate surface area is 136 Å². The summed E-state index contributed by atoms with van der Waals surface area (Å²) in [4.78, 5) is 15.8. The lowest BCUT2D eigenvalue weighted by atomic mass is 9.97. The number of carbonyl (C=O) groups excluding carboxylic acids is 1. The van der Waals surface area contributed by atoms with E-state index >= 15 is 0 Å². The molecule has 4 nitrogen and oxygen atoms in total. The summed E-state index contributed by atoms with van der Waals surface area (Å²) < 4.78 is 0. The van der Waals surface area contributed by atoms with Crippen LogP contribution < -0.4 is 10.6 Å². The molecule has 2 fully saturated rings. The Morgan fingerprint density at radius 1 is 1.48 bits per heavy atom. The molecular formula is C15H24ClN3OS. The molecule has 2 N–H and O–H groups in total. The first-order chi connectivity index (χ1) is 9.81. The second kappa shape index (κ2) is 8.13. The number of thiophene rings is 1. The van der Waals surface area contributed by atoms with Gasteiger partial charge in [0.2, 0.25) is 5.91 Å². The van der Waals surface area contributed by atoms with E-state index in [9.17, 15) is 4.79 Å². The molecule has 3 rings (SSSR count). The first kappa shape index (κ1) is 16.7. The van der Waals surface area contributed by atoms with Gasteiger partial charge in [-0.05, 0) is 36.8 Å². The lowest BCUT2D eigenvalue weighted by Crippen LogP contribution is -2.52. The summed E-state index contributed by atoms with van der Waals surface area (Å²) in [5.74, 6) is 1.06. The Morgan fingerprint density at radius 2 is 2.33 bits per heavy atom. The normalized spacial score (nSPS) is 23.1. The predicted octanol–water partition coefficient (Wildman–Crippen LogP) is 1.72. The number of nitrogens with zero attached hydrogens (tertiary/aromatic N) is 1. The third-order valence-electron chi connectivity index (χ3n) is 4.28. The highest BCUT2D eigenvalue weighted by atomic mass is 35.5. The topological polar surface area (TPSA) is 44.4 Å². The van der Waals surface area contributed by atoms with Crippen LogP contribution >= 0.6 is 23.7 Å². The fraction of sp³-hybridized carbons (Fsp3) is 0.667. The summed E-state index contributed by atoms with van der Waals surface area (Å²) in [5.41, 5.74) is 0. The third kappa shape index (κ3) is 4.68. The smallest absolute Gasteiger partial charge is 0.225 e. The fourth-order valence-corrected chi connectivity index (χ4v) is 3.69. The van der Waals surface area contributed by atoms with Crippen LogP contribution in [0.15, 0.2) is 17.5 Å². The highest BCUT2D eigenvalue weighted by molar-refractivity contribution is 7.09. The van der Waals surface area contributed by atoms with Crippen LogP contribution in [0.5, 0.6) is 0 Å². The first-order valence-corrected chi connectivity index (χ1v) is 8.42. The van der Waals surface area contributed by atoms with Gasteiger partial charge in [0.1, 0.15) is 0 Å². The average molecular weight is 330 g/mol. The van der Waals surface area contributed by atoms with Crippen molar-refractivity contribution in [2.45, 2.75) is 19.4 Å². The number of nitrogens with one attached hydrogen (secondary N) is 2. The van der Waals surface area contributed by atoms with E-state index in [4.69, 9.17) is 0 Å². The summed E-state index contributed by atoms with van der Waals surface area (Å²) in [6, 6.07) is 4.33. The van der Waals surface area contributed by atoms with E-state index in [1.165, 1.54) is 24.3 Å². The second-order valence-corrected chi connectivity index (χ2v) is 6.96. The Hall–Kier alpha value is -0.620. The number of rotatable bonds is 5. The van der Waals surface area contributed by atoms with Crippen molar-refractivity contribution in [3.05, 3.63) is 22.4 Å². The fourth-order valence-electron chi connectivity index (χ4n) is 2.95. The number of halogens is 1. The number of amides is 1. The number of hydrogen-bond donors (Lipinski definition) is 2. The Bertz CT molecular complexity index is 436. The highest BCUT2D eigenvalue weighted by Gasteiger charge is 2.26. The standard InChI is InChI=1S/C15H23N3OS.ClH/c19-15(13-8-16-9-13)17-7-12-3-1-5-18(10-12)11-14-4-2-6-20-14;/h2,4,6,12-13,16H,1,3,5,7-11H2,(H,17,19);1H. The van der Waals surface area contributed by atoms with Crippen molar-refractivity contribution in [1.29, 1.82) is 0 Å². The molecule has 2 aliphatic rings. The molecule has 0 saturated carbocycles. The van der Waals surface area contributed by atoms with E-state index in [0.29, 0.717) is 5.92 Å². The zero-order chi connectivity index (χ0) is 13.8. The molecule has 1 aromatic heterocycles. The van der Waals surface area contributed by atoms with Gasteiger partial charge in [-0.25, -0.2) is 0 Å². The van der Waals surface area contributed by atoms with E-state index in [2.05, 4.69) is 33.0 Å². The van der Waals surface area contributed by atoms with Crippen molar-refractivity contribution in [1.82, 2.24) is 15.5 Å². The SMILES string of the molecule is Cl.O=C(NCC1CCCN(Cc2cccs2)C1)C1CNC1. The van der Waals surface area contributed by atoms with Gasteiger partial charge < -0.3 is 10.6 Å². The molecule has 0 aliphatic carbocycles. The van der Waals surface area contributed by atoms with Gasteiger partial charge in [-0.15, -0.1) is 23.7 Å². The van der Waals surface area contributed by atoms with Gasteiger partial charge in [-0.3, -0.25) is 9.69 Å². The molecule has 1 amide bonds. The minimum absolute atomic E-state index is 0. The van der Waals surface area contributed by atoms with Crippen LogP contribution in [0.1, 0.15) is 17.7 Å². The number of carbonyl (C=O) groups is 1. The van der Waals surface area contributed by atoms with E-state index in [1.807, 2.05) is 11.3 Å². The molecule has 0 bridgehead atoms. The van der Waals surface area contributed by atoms with E-state index in [-0.39, 0.29) is 24.2 Å². The lowest BCUT2D eigenvalue weighted by molar-refractivity contribution is -0.126. The molecule has 1 atom stereocenters. The third-order valence-corrected chi connectivity index (χ3v) is 5.14. The Kier molecular flexibility index (Phi) is 6.48. The molecule has 3 heterocycles. The molecular weight excluding hydrogens is 306 g/mol. The summed E-state index contributed by atoms with van der Waals surface area (Å²) in [6.45, 7) is 5.91. The Morgan fingerprint density at radius 3 is 3.00 bits per heavy atom. The summed E-state index contributed by atoms with van der Waals surface area (Å²) in [5, 5.41) is 8.42. The van der Waals surface area contributed by atoms with Crippen molar-refractivity contribution >= 4 is 29.7 Å². The van der Waals surface area contributed by atoms with Crippen LogP contribution in [0.4, 0.5) is 0 Å². The zero-order valence-corrected chi connectivity index (χ0v) is 13.8. The Balaban J connectivity index is 0.00000161. The second-order valence-electron chi connectivity index (χ2n) is 5.92. The number of piperidine rings is 1. The van der Waals surface area contributed by atoms with Gasteiger partial charge in [0.05, 0.1) is 5.92 Å². The van der Waals surface area contributed by atoms with Gasteiger partial charge in [0, 0.05) is 37.6 Å². The largest absolute Gasteiger partial charge is 0.355 e. The van der Waals surface area contributed by atoms with Gasteiger partial charge in [0.25, 0.3) is 0 Å². The van der Waals surface area contributed by atoms with Gasteiger partial charge in [-0.2, -0.15) is 0 Å². The minimum Gasteiger partial charge on any atom is -0.355 e. The van der Waals surface area contributed by atoms with Crippen molar-refractivity contribution in [3.63, 3.8) is 0 Å². The molecule has 6 heteroatoms. The van der Waals surface area contributed by atoms with Crippen LogP contribution in [0.25, 0.3) is 0 Å². The molecule has 1 unspecified atom stereocenters. The van der Waals surface area contributed by atoms with Gasteiger partial charge in [-0.1, -0.05) is 6.07 Å². The van der Waals surface area contributed by atoms with E-state index < -0.39 is 0 Å². The molecule has 0 spiro atoms. The van der Waals surface area contributed by atoms with E-state index in [1.54, 1.807) is 0 Å². The number of hydrogen-bond acceptors (Lipinski definition) is 4. The molecule has 2 aliphatic heterocycles. The zero-order valence-electron chi connectivity index (χ0n) is 12.2. The van der Waals surface area contributed by atoms with Crippen LogP contribution in [0.3, 0.4) is 0 Å². The average Bonchev–Trinajstić information content (AvgIpc) is 2.88. The van der Waals surface area contributed by atoms with Crippen molar-refractivity contribution < 1.29 is 4.79 Å². The first-order valence-electron chi connectivity index (χ1n) is 7.54. The van der Waals surface area contributed by atoms with Crippen LogP contribution in [-0.4, -0.2) is 43.5 Å². The van der Waals surface area contributed by atoms with Crippen molar-refractivity contribution in [2.24, 2.45) is 11.8 Å². The number of likely N-dealkylation sites (tertiary alicyclic amines) is 1. The van der Waals surface area contributed by atoms with Gasteiger partial charge in [0.15, 0.2) is 0 Å². The molecule has 0 aromatic carbocycles. The van der Waals surface area contributed by atoms with Crippen molar-refractivity contribution in [3.8, 4) is 0 Å². The van der Waals surface area contributed by atoms with E-state index in [0.717, 1.165) is 32.7 Å². The minimum atomic E-state index is 0. The maximum absolute atomic E-state index is 11.8. The van der Waals surface area contributed by atoms with Crippen molar-refractivity contribution in [2.75, 3.05) is 32.7 Å². The maximum Gasteiger partial charge on any atom is 0.225 e.